The molecule has 0 heterocycles. The Balaban J connectivity index is 1.76. The van der Waals surface area contributed by atoms with Gasteiger partial charge in [-0.3, -0.25) is 4.90 Å². The van der Waals surface area contributed by atoms with E-state index in [9.17, 15) is 4.79 Å². The molecule has 2 amide bonds. The SMILES string of the molecule is Cc1ccccc1CNC(=O)N(Cc1ccccc1)c1ccccc1. The summed E-state index contributed by atoms with van der Waals surface area (Å²) in [4.78, 5) is 14.6. The van der Waals surface area contributed by atoms with Crippen LogP contribution in [0.25, 0.3) is 0 Å². The fourth-order valence-corrected chi connectivity index (χ4v) is 2.73. The summed E-state index contributed by atoms with van der Waals surface area (Å²) < 4.78 is 0. The van der Waals surface area contributed by atoms with E-state index in [1.807, 2.05) is 78.9 Å². The van der Waals surface area contributed by atoms with Crippen molar-refractivity contribution in [2.75, 3.05) is 4.90 Å². The zero-order valence-electron chi connectivity index (χ0n) is 14.4. The maximum atomic E-state index is 12.8. The number of urea groups is 1. The van der Waals surface area contributed by atoms with Gasteiger partial charge in [0.2, 0.25) is 0 Å². The predicted octanol–water partition coefficient (Wildman–Crippen LogP) is 4.91. The zero-order chi connectivity index (χ0) is 17.5. The Labute approximate surface area is 148 Å². The number of carbonyl (C=O) groups is 1. The van der Waals surface area contributed by atoms with Crippen molar-refractivity contribution in [1.82, 2.24) is 5.32 Å². The van der Waals surface area contributed by atoms with Crippen LogP contribution in [0.1, 0.15) is 16.7 Å². The van der Waals surface area contributed by atoms with Gasteiger partial charge in [-0.2, -0.15) is 0 Å². The minimum absolute atomic E-state index is 0.0988. The molecule has 0 aliphatic rings. The van der Waals surface area contributed by atoms with Gasteiger partial charge in [0.05, 0.1) is 6.54 Å². The average Bonchev–Trinajstić information content (AvgIpc) is 2.67. The third kappa shape index (κ3) is 4.48. The molecule has 3 rings (SSSR count). The quantitative estimate of drug-likeness (QED) is 0.708. The van der Waals surface area contributed by atoms with E-state index >= 15 is 0 Å². The number of hydrogen-bond donors (Lipinski definition) is 1. The lowest BCUT2D eigenvalue weighted by molar-refractivity contribution is 0.245. The van der Waals surface area contributed by atoms with Crippen LogP contribution in [0.3, 0.4) is 0 Å². The number of nitrogens with zero attached hydrogens (tertiary/aromatic N) is 1. The molecule has 0 spiro atoms. The lowest BCUT2D eigenvalue weighted by Gasteiger charge is -2.23. The molecule has 0 unspecified atom stereocenters. The Morgan fingerprint density at radius 3 is 2.12 bits per heavy atom. The Morgan fingerprint density at radius 1 is 0.840 bits per heavy atom. The highest BCUT2D eigenvalue weighted by Crippen LogP contribution is 2.17. The number of aryl methyl sites for hydroxylation is 1. The minimum atomic E-state index is -0.0988. The van der Waals surface area contributed by atoms with Crippen molar-refractivity contribution in [3.05, 3.63) is 102 Å². The molecular formula is C22H22N2O. The molecule has 0 aromatic heterocycles. The summed E-state index contributed by atoms with van der Waals surface area (Å²) >= 11 is 0. The number of anilines is 1. The van der Waals surface area contributed by atoms with Gasteiger partial charge >= 0.3 is 6.03 Å². The second kappa shape index (κ2) is 8.15. The van der Waals surface area contributed by atoms with Crippen molar-refractivity contribution in [3.8, 4) is 0 Å². The lowest BCUT2D eigenvalue weighted by Crippen LogP contribution is -2.39. The Kier molecular flexibility index (Phi) is 5.47. The monoisotopic (exact) mass is 330 g/mol. The van der Waals surface area contributed by atoms with E-state index < -0.39 is 0 Å². The summed E-state index contributed by atoms with van der Waals surface area (Å²) in [6.07, 6.45) is 0. The van der Waals surface area contributed by atoms with Gasteiger partial charge in [0.25, 0.3) is 0 Å². The second-order valence-electron chi connectivity index (χ2n) is 5.99. The van der Waals surface area contributed by atoms with Crippen LogP contribution in [0, 0.1) is 6.92 Å². The first-order valence-electron chi connectivity index (χ1n) is 8.43. The molecule has 0 bridgehead atoms. The summed E-state index contributed by atoms with van der Waals surface area (Å²) in [6.45, 7) is 3.11. The molecule has 0 saturated carbocycles. The van der Waals surface area contributed by atoms with E-state index in [4.69, 9.17) is 0 Å². The number of para-hydroxylation sites is 1. The first-order valence-corrected chi connectivity index (χ1v) is 8.43. The number of rotatable bonds is 5. The lowest BCUT2D eigenvalue weighted by atomic mass is 10.1. The Morgan fingerprint density at radius 2 is 1.44 bits per heavy atom. The minimum Gasteiger partial charge on any atom is -0.334 e. The van der Waals surface area contributed by atoms with Crippen LogP contribution >= 0.6 is 0 Å². The van der Waals surface area contributed by atoms with Gasteiger partial charge in [0.1, 0.15) is 0 Å². The summed E-state index contributed by atoms with van der Waals surface area (Å²) in [5, 5.41) is 3.05. The first-order chi connectivity index (χ1) is 12.2. The zero-order valence-corrected chi connectivity index (χ0v) is 14.4. The van der Waals surface area contributed by atoms with Gasteiger partial charge < -0.3 is 5.32 Å². The highest BCUT2D eigenvalue weighted by molar-refractivity contribution is 5.91. The molecule has 0 fully saturated rings. The molecule has 0 radical (unpaired) electrons. The molecule has 3 nitrogen and oxygen atoms in total. The summed E-state index contributed by atoms with van der Waals surface area (Å²) in [5.74, 6) is 0. The molecule has 3 heteroatoms. The van der Waals surface area contributed by atoms with E-state index in [0.717, 1.165) is 16.8 Å². The van der Waals surface area contributed by atoms with E-state index in [1.165, 1.54) is 5.56 Å². The van der Waals surface area contributed by atoms with Crippen LogP contribution in [-0.2, 0) is 13.1 Å². The van der Waals surface area contributed by atoms with Crippen LogP contribution in [0.4, 0.5) is 10.5 Å². The third-order valence-electron chi connectivity index (χ3n) is 4.19. The van der Waals surface area contributed by atoms with E-state index in [-0.39, 0.29) is 6.03 Å². The predicted molar refractivity (Wildman–Crippen MR) is 102 cm³/mol. The van der Waals surface area contributed by atoms with Crippen molar-refractivity contribution >= 4 is 11.7 Å². The molecule has 3 aromatic carbocycles. The summed E-state index contributed by atoms with van der Waals surface area (Å²) in [6, 6.07) is 27.8. The number of amides is 2. The Hall–Kier alpha value is -3.07. The molecule has 0 atom stereocenters. The van der Waals surface area contributed by atoms with Crippen molar-refractivity contribution in [2.45, 2.75) is 20.0 Å². The molecule has 3 aromatic rings. The Bertz CT molecular complexity index is 816. The van der Waals surface area contributed by atoms with Crippen molar-refractivity contribution < 1.29 is 4.79 Å². The second-order valence-corrected chi connectivity index (χ2v) is 5.99. The topological polar surface area (TPSA) is 32.3 Å². The van der Waals surface area contributed by atoms with Crippen LogP contribution in [-0.4, -0.2) is 6.03 Å². The molecule has 0 saturated heterocycles. The molecule has 0 aliphatic heterocycles. The van der Waals surface area contributed by atoms with Gasteiger partial charge in [-0.25, -0.2) is 4.79 Å². The molecule has 126 valence electrons. The van der Waals surface area contributed by atoms with Crippen molar-refractivity contribution in [2.24, 2.45) is 0 Å². The van der Waals surface area contributed by atoms with Crippen LogP contribution in [0.2, 0.25) is 0 Å². The molecule has 25 heavy (non-hydrogen) atoms. The van der Waals surface area contributed by atoms with Gasteiger partial charge in [0, 0.05) is 12.2 Å². The van der Waals surface area contributed by atoms with Crippen LogP contribution < -0.4 is 10.2 Å². The van der Waals surface area contributed by atoms with Crippen molar-refractivity contribution in [3.63, 3.8) is 0 Å². The maximum absolute atomic E-state index is 12.8. The summed E-state index contributed by atoms with van der Waals surface area (Å²) in [7, 11) is 0. The van der Waals surface area contributed by atoms with E-state index in [1.54, 1.807) is 4.90 Å². The van der Waals surface area contributed by atoms with E-state index in [0.29, 0.717) is 13.1 Å². The molecule has 1 N–H and O–H groups in total. The number of hydrogen-bond acceptors (Lipinski definition) is 1. The highest BCUT2D eigenvalue weighted by Gasteiger charge is 2.16. The van der Waals surface area contributed by atoms with Crippen molar-refractivity contribution in [1.29, 1.82) is 0 Å². The standard InChI is InChI=1S/C22H22N2O/c1-18-10-8-9-13-20(18)16-23-22(25)24(21-14-6-3-7-15-21)17-19-11-4-2-5-12-19/h2-15H,16-17H2,1H3,(H,23,25). The average molecular weight is 330 g/mol. The fourth-order valence-electron chi connectivity index (χ4n) is 2.73. The number of benzene rings is 3. The smallest absolute Gasteiger partial charge is 0.322 e. The van der Waals surface area contributed by atoms with E-state index in [2.05, 4.69) is 18.3 Å². The third-order valence-corrected chi connectivity index (χ3v) is 4.19. The number of carbonyl (C=O) groups excluding carboxylic acids is 1. The van der Waals surface area contributed by atoms with Gasteiger partial charge in [0.15, 0.2) is 0 Å². The maximum Gasteiger partial charge on any atom is 0.322 e. The largest absolute Gasteiger partial charge is 0.334 e. The van der Waals surface area contributed by atoms with Crippen LogP contribution in [0.15, 0.2) is 84.9 Å². The van der Waals surface area contributed by atoms with Gasteiger partial charge in [-0.1, -0.05) is 72.8 Å². The highest BCUT2D eigenvalue weighted by atomic mass is 16.2. The summed E-state index contributed by atoms with van der Waals surface area (Å²) in [5.41, 5.74) is 4.28. The first kappa shape index (κ1) is 16.8. The molecule has 0 aliphatic carbocycles. The van der Waals surface area contributed by atoms with Gasteiger partial charge in [-0.15, -0.1) is 0 Å². The number of nitrogens with one attached hydrogen (secondary N) is 1. The fraction of sp³-hybridized carbons (Fsp3) is 0.136. The van der Waals surface area contributed by atoms with Crippen LogP contribution in [0.5, 0.6) is 0 Å². The van der Waals surface area contributed by atoms with Gasteiger partial charge in [-0.05, 0) is 35.7 Å². The normalized spacial score (nSPS) is 10.3. The molecular weight excluding hydrogens is 308 g/mol.